The number of hydrogen-bond acceptors (Lipinski definition) is 0. The van der Waals surface area contributed by atoms with Gasteiger partial charge in [0, 0.05) is 3.92 Å². The van der Waals surface area contributed by atoms with E-state index in [-0.39, 0.29) is 0 Å². The zero-order chi connectivity index (χ0) is 11.6. The molecule has 1 saturated carbocycles. The van der Waals surface area contributed by atoms with Crippen LogP contribution in [0.2, 0.25) is 0 Å². The van der Waals surface area contributed by atoms with Crippen LogP contribution in [0.3, 0.4) is 0 Å². The topological polar surface area (TPSA) is 0 Å². The van der Waals surface area contributed by atoms with Crippen molar-refractivity contribution in [1.29, 1.82) is 0 Å². The first-order chi connectivity index (χ1) is 7.04. The van der Waals surface area contributed by atoms with Gasteiger partial charge in [0.2, 0.25) is 0 Å². The summed E-state index contributed by atoms with van der Waals surface area (Å²) in [5, 5.41) is 0. The van der Waals surface area contributed by atoms with Gasteiger partial charge in [0.15, 0.2) is 0 Å². The van der Waals surface area contributed by atoms with Crippen molar-refractivity contribution < 1.29 is 0 Å². The molecule has 5 atom stereocenters. The molecule has 0 saturated heterocycles. The first-order valence-corrected chi connectivity index (χ1v) is 8.70. The third kappa shape index (κ3) is 2.90. The fourth-order valence-electron chi connectivity index (χ4n) is 3.01. The average molecular weight is 432 g/mol. The maximum atomic E-state index is 4.26. The molecule has 1 rings (SSSR count). The zero-order valence-electron chi connectivity index (χ0n) is 9.97. The first-order valence-electron chi connectivity index (χ1n) is 5.93. The van der Waals surface area contributed by atoms with Gasteiger partial charge in [0.1, 0.15) is 0 Å². The molecule has 0 nitrogen and oxygen atoms in total. The van der Waals surface area contributed by atoms with Gasteiger partial charge in [0.05, 0.1) is 0 Å². The van der Waals surface area contributed by atoms with Gasteiger partial charge in [-0.15, -0.1) is 0 Å². The summed E-state index contributed by atoms with van der Waals surface area (Å²) in [5.74, 6) is 3.37. The van der Waals surface area contributed by atoms with Crippen molar-refractivity contribution in [1.82, 2.24) is 0 Å². The summed E-state index contributed by atoms with van der Waals surface area (Å²) in [6.45, 7) is 11.4. The number of rotatable bonds is 5. The van der Waals surface area contributed by atoms with Gasteiger partial charge in [-0.05, 0) is 34.5 Å². The van der Waals surface area contributed by atoms with Gasteiger partial charge >= 0.3 is 0 Å². The Morgan fingerprint density at radius 1 is 1.47 bits per heavy atom. The van der Waals surface area contributed by atoms with Crippen molar-refractivity contribution in [2.75, 3.05) is 4.43 Å². The number of halogens is 2. The molecule has 0 aromatic heterocycles. The standard InChI is InChI=1S/C13H22I2/c1-5-11(6-7-14)8(2)12-9(3)13(15)10(12)4/h8,10-13H,3,5-7H2,1-2,4H3/t8?,10?,11-,12?,13-/m1/s1. The highest BCUT2D eigenvalue weighted by Crippen LogP contribution is 2.50. The fourth-order valence-corrected chi connectivity index (χ4v) is 4.67. The van der Waals surface area contributed by atoms with Crippen molar-refractivity contribution >= 4 is 45.2 Å². The largest absolute Gasteiger partial charge is 0.0985 e. The lowest BCUT2D eigenvalue weighted by Crippen LogP contribution is -2.43. The van der Waals surface area contributed by atoms with Crippen molar-refractivity contribution in [3.8, 4) is 0 Å². The highest BCUT2D eigenvalue weighted by atomic mass is 127. The van der Waals surface area contributed by atoms with Crippen LogP contribution >= 0.6 is 45.2 Å². The van der Waals surface area contributed by atoms with E-state index in [4.69, 9.17) is 0 Å². The van der Waals surface area contributed by atoms with E-state index >= 15 is 0 Å². The molecule has 0 aliphatic heterocycles. The van der Waals surface area contributed by atoms with Crippen molar-refractivity contribution in [3.05, 3.63) is 12.2 Å². The van der Waals surface area contributed by atoms with E-state index in [9.17, 15) is 0 Å². The van der Waals surface area contributed by atoms with Crippen LogP contribution in [0.25, 0.3) is 0 Å². The number of allylic oxidation sites excluding steroid dienone is 1. The smallest absolute Gasteiger partial charge is 0.0350 e. The van der Waals surface area contributed by atoms with Crippen LogP contribution in [0.4, 0.5) is 0 Å². The lowest BCUT2D eigenvalue weighted by atomic mass is 9.61. The van der Waals surface area contributed by atoms with E-state index in [1.54, 1.807) is 0 Å². The van der Waals surface area contributed by atoms with Crippen LogP contribution in [-0.4, -0.2) is 8.35 Å². The highest BCUT2D eigenvalue weighted by molar-refractivity contribution is 14.1. The highest BCUT2D eigenvalue weighted by Gasteiger charge is 2.44. The predicted molar refractivity (Wildman–Crippen MR) is 86.1 cm³/mol. The summed E-state index contributed by atoms with van der Waals surface area (Å²) in [5.41, 5.74) is 1.50. The molecule has 0 bridgehead atoms. The first kappa shape index (κ1) is 14.3. The third-order valence-electron chi connectivity index (χ3n) is 4.12. The SMILES string of the molecule is C=C1C(C(C)[C@H](CC)CCI)C(C)[C@@H]1I. The second-order valence-corrected chi connectivity index (χ2v) is 7.29. The van der Waals surface area contributed by atoms with E-state index in [2.05, 4.69) is 72.5 Å². The molecule has 15 heavy (non-hydrogen) atoms. The monoisotopic (exact) mass is 432 g/mol. The Hall–Kier alpha value is 1.20. The summed E-state index contributed by atoms with van der Waals surface area (Å²) >= 11 is 5.05. The molecule has 0 N–H and O–H groups in total. The van der Waals surface area contributed by atoms with Crippen LogP contribution in [0, 0.1) is 23.7 Å². The third-order valence-corrected chi connectivity index (χ3v) is 6.68. The minimum atomic E-state index is 0.729. The van der Waals surface area contributed by atoms with Gasteiger partial charge < -0.3 is 0 Å². The van der Waals surface area contributed by atoms with Gasteiger partial charge in [0.25, 0.3) is 0 Å². The minimum Gasteiger partial charge on any atom is -0.0985 e. The summed E-state index contributed by atoms with van der Waals surface area (Å²) in [6.07, 6.45) is 2.70. The summed E-state index contributed by atoms with van der Waals surface area (Å²) < 4.78 is 2.02. The van der Waals surface area contributed by atoms with Gasteiger partial charge in [-0.2, -0.15) is 0 Å². The average Bonchev–Trinajstić information content (AvgIpc) is 2.25. The fraction of sp³-hybridized carbons (Fsp3) is 0.846. The Morgan fingerprint density at radius 3 is 2.47 bits per heavy atom. The van der Waals surface area contributed by atoms with E-state index in [0.29, 0.717) is 0 Å². The predicted octanol–water partition coefficient (Wildman–Crippen LogP) is 5.10. The van der Waals surface area contributed by atoms with Crippen LogP contribution in [0.5, 0.6) is 0 Å². The van der Waals surface area contributed by atoms with Crippen LogP contribution < -0.4 is 0 Å². The molecule has 2 heteroatoms. The van der Waals surface area contributed by atoms with Gasteiger partial charge in [-0.25, -0.2) is 0 Å². The lowest BCUT2D eigenvalue weighted by molar-refractivity contribution is 0.164. The second-order valence-electron chi connectivity index (χ2n) is 4.87. The van der Waals surface area contributed by atoms with E-state index in [1.807, 2.05) is 0 Å². The number of hydrogen-bond donors (Lipinski definition) is 0. The number of alkyl halides is 2. The molecule has 1 aliphatic carbocycles. The molecule has 0 amide bonds. The zero-order valence-corrected chi connectivity index (χ0v) is 14.3. The molecule has 0 heterocycles. The van der Waals surface area contributed by atoms with Crippen LogP contribution in [0.1, 0.15) is 33.6 Å². The Labute approximate surface area is 122 Å². The van der Waals surface area contributed by atoms with Crippen LogP contribution in [0.15, 0.2) is 12.2 Å². The molecule has 0 radical (unpaired) electrons. The van der Waals surface area contributed by atoms with Crippen molar-refractivity contribution in [3.63, 3.8) is 0 Å². The maximum Gasteiger partial charge on any atom is 0.0350 e. The van der Waals surface area contributed by atoms with Crippen LogP contribution in [-0.2, 0) is 0 Å². The van der Waals surface area contributed by atoms with Crippen molar-refractivity contribution in [2.45, 2.75) is 37.5 Å². The summed E-state index contributed by atoms with van der Waals surface area (Å²) in [6, 6.07) is 0. The Balaban J connectivity index is 2.59. The van der Waals surface area contributed by atoms with E-state index < -0.39 is 0 Å². The van der Waals surface area contributed by atoms with E-state index in [0.717, 1.165) is 27.6 Å². The Bertz CT molecular complexity index is 225. The summed E-state index contributed by atoms with van der Waals surface area (Å²) in [7, 11) is 0. The Kier molecular flexibility index (Phi) is 5.91. The van der Waals surface area contributed by atoms with Gasteiger partial charge in [-0.1, -0.05) is 84.5 Å². The molecular weight excluding hydrogens is 410 g/mol. The molecule has 0 aromatic carbocycles. The minimum absolute atomic E-state index is 0.729. The van der Waals surface area contributed by atoms with E-state index in [1.165, 1.54) is 22.8 Å². The molecule has 3 unspecified atom stereocenters. The quantitative estimate of drug-likeness (QED) is 0.322. The molecule has 88 valence electrons. The molecule has 1 fully saturated rings. The second kappa shape index (κ2) is 6.22. The Morgan fingerprint density at radius 2 is 2.07 bits per heavy atom. The van der Waals surface area contributed by atoms with Crippen molar-refractivity contribution in [2.24, 2.45) is 23.7 Å². The summed E-state index contributed by atoms with van der Waals surface area (Å²) in [4.78, 5) is 0. The molecule has 0 aromatic rings. The molecule has 0 spiro atoms. The maximum absolute atomic E-state index is 4.26. The molecule has 1 aliphatic rings. The van der Waals surface area contributed by atoms with Gasteiger partial charge in [-0.3, -0.25) is 0 Å². The normalized spacial score (nSPS) is 34.7. The molecular formula is C13H22I2. The lowest BCUT2D eigenvalue weighted by Gasteiger charge is -2.48.